The predicted molar refractivity (Wildman–Crippen MR) is 81.0 cm³/mol. The number of hydrogen-bond donors (Lipinski definition) is 2. The molecule has 1 N–H and O–H groups in total. The van der Waals surface area contributed by atoms with E-state index in [1.54, 1.807) is 0 Å². The van der Waals surface area contributed by atoms with Gasteiger partial charge in [0.25, 0.3) is 0 Å². The summed E-state index contributed by atoms with van der Waals surface area (Å²) in [5.41, 5.74) is 4.69. The average Bonchev–Trinajstić information content (AvgIpc) is 3.07. The Morgan fingerprint density at radius 2 is 1.95 bits per heavy atom. The molecular weight excluding hydrogens is 254 g/mol. The van der Waals surface area contributed by atoms with Crippen LogP contribution in [0.5, 0.6) is 0 Å². The molecule has 3 rings (SSSR count). The minimum Gasteiger partial charge on any atom is -0.411 e. The molecule has 0 amide bonds. The van der Waals surface area contributed by atoms with Crippen molar-refractivity contribution in [2.75, 3.05) is 0 Å². The van der Waals surface area contributed by atoms with Crippen LogP contribution in [0.3, 0.4) is 0 Å². The van der Waals surface area contributed by atoms with Crippen LogP contribution in [-0.4, -0.2) is 10.9 Å². The number of thiol groups is 1. The molecule has 0 spiro atoms. The zero-order valence-corrected chi connectivity index (χ0v) is 11.9. The van der Waals surface area contributed by atoms with Crippen molar-refractivity contribution in [3.8, 4) is 0 Å². The molecule has 0 bridgehead atoms. The maximum Gasteiger partial charge on any atom is 0.0876 e. The second kappa shape index (κ2) is 5.41. The van der Waals surface area contributed by atoms with Crippen LogP contribution in [0.4, 0.5) is 0 Å². The average molecular weight is 273 g/mol. The third-order valence-corrected chi connectivity index (χ3v) is 4.62. The number of oxime groups is 1. The van der Waals surface area contributed by atoms with E-state index in [1.165, 1.54) is 36.8 Å². The Morgan fingerprint density at radius 1 is 1.16 bits per heavy atom. The van der Waals surface area contributed by atoms with Crippen LogP contribution in [0.2, 0.25) is 0 Å². The molecule has 1 aromatic rings. The van der Waals surface area contributed by atoms with E-state index >= 15 is 0 Å². The monoisotopic (exact) mass is 273 g/mol. The van der Waals surface area contributed by atoms with E-state index in [1.807, 2.05) is 12.1 Å². The lowest BCUT2D eigenvalue weighted by Crippen LogP contribution is -2.01. The largest absolute Gasteiger partial charge is 0.411 e. The normalized spacial score (nSPS) is 22.7. The lowest BCUT2D eigenvalue weighted by molar-refractivity contribution is 0.319. The van der Waals surface area contributed by atoms with Gasteiger partial charge in [-0.05, 0) is 49.3 Å². The van der Waals surface area contributed by atoms with Gasteiger partial charge in [-0.25, -0.2) is 0 Å². The first-order valence-corrected chi connectivity index (χ1v) is 7.48. The van der Waals surface area contributed by atoms with E-state index in [9.17, 15) is 5.21 Å². The third-order valence-electron chi connectivity index (χ3n) is 4.34. The molecule has 0 aliphatic heterocycles. The summed E-state index contributed by atoms with van der Waals surface area (Å²) < 4.78 is 0. The van der Waals surface area contributed by atoms with Crippen molar-refractivity contribution in [3.05, 3.63) is 35.4 Å². The minimum atomic E-state index is 0.692. The fourth-order valence-electron chi connectivity index (χ4n) is 3.48. The van der Waals surface area contributed by atoms with Crippen molar-refractivity contribution in [2.45, 2.75) is 43.4 Å². The summed E-state index contributed by atoms with van der Waals surface area (Å²) >= 11 is 4.42. The maximum atomic E-state index is 9.26. The van der Waals surface area contributed by atoms with Gasteiger partial charge in [-0.3, -0.25) is 0 Å². The highest BCUT2D eigenvalue weighted by Crippen LogP contribution is 2.42. The van der Waals surface area contributed by atoms with Crippen molar-refractivity contribution >= 4 is 23.9 Å². The molecule has 0 radical (unpaired) electrons. The Hall–Kier alpha value is -1.22. The standard InChI is InChI=1S/C16H19NOS/c18-17-15-9-8-14(11-4-1-2-5-11)16(15)12-6-3-7-13(19)10-12/h3,6-7,10-11,18-19H,1-2,4-5,8-9H2/b17-15+. The Bertz CT molecular complexity index is 541. The van der Waals surface area contributed by atoms with Gasteiger partial charge in [0.05, 0.1) is 5.71 Å². The van der Waals surface area contributed by atoms with Crippen LogP contribution in [-0.2, 0) is 0 Å². The molecule has 1 aromatic carbocycles. The second-order valence-corrected chi connectivity index (χ2v) is 6.00. The summed E-state index contributed by atoms with van der Waals surface area (Å²) in [5.74, 6) is 0.692. The fraction of sp³-hybridized carbons (Fsp3) is 0.438. The lowest BCUT2D eigenvalue weighted by Gasteiger charge is -2.14. The van der Waals surface area contributed by atoms with Crippen LogP contribution in [0.15, 0.2) is 39.9 Å². The SMILES string of the molecule is O/N=C1\CCC(C2CCCC2)=C1c1cccc(S)c1. The second-order valence-electron chi connectivity index (χ2n) is 5.48. The fourth-order valence-corrected chi connectivity index (χ4v) is 3.71. The Kier molecular flexibility index (Phi) is 3.65. The third kappa shape index (κ3) is 2.44. The molecule has 2 nitrogen and oxygen atoms in total. The number of nitrogens with zero attached hydrogens (tertiary/aromatic N) is 1. The topological polar surface area (TPSA) is 32.6 Å². The van der Waals surface area contributed by atoms with Gasteiger partial charge in [0.2, 0.25) is 0 Å². The van der Waals surface area contributed by atoms with E-state index in [2.05, 4.69) is 29.9 Å². The van der Waals surface area contributed by atoms with Crippen molar-refractivity contribution < 1.29 is 5.21 Å². The number of allylic oxidation sites excluding steroid dienone is 2. The molecule has 0 heterocycles. The van der Waals surface area contributed by atoms with Gasteiger partial charge in [0, 0.05) is 10.5 Å². The van der Waals surface area contributed by atoms with Crippen LogP contribution in [0.25, 0.3) is 5.57 Å². The first kappa shape index (κ1) is 12.8. The number of hydrogen-bond acceptors (Lipinski definition) is 3. The van der Waals surface area contributed by atoms with E-state index in [0.717, 1.165) is 29.0 Å². The summed E-state index contributed by atoms with van der Waals surface area (Å²) in [6.45, 7) is 0. The van der Waals surface area contributed by atoms with E-state index in [-0.39, 0.29) is 0 Å². The molecule has 2 aliphatic rings. The first-order valence-electron chi connectivity index (χ1n) is 7.03. The van der Waals surface area contributed by atoms with E-state index in [4.69, 9.17) is 0 Å². The van der Waals surface area contributed by atoms with Crippen LogP contribution in [0, 0.1) is 5.92 Å². The Morgan fingerprint density at radius 3 is 2.63 bits per heavy atom. The van der Waals surface area contributed by atoms with Gasteiger partial charge in [-0.1, -0.05) is 35.7 Å². The minimum absolute atomic E-state index is 0.692. The molecular formula is C16H19NOS. The highest BCUT2D eigenvalue weighted by Gasteiger charge is 2.29. The zero-order chi connectivity index (χ0) is 13.2. The van der Waals surface area contributed by atoms with Gasteiger partial charge < -0.3 is 5.21 Å². The quantitative estimate of drug-likeness (QED) is 0.463. The number of benzene rings is 1. The summed E-state index contributed by atoms with van der Waals surface area (Å²) in [4.78, 5) is 0.958. The van der Waals surface area contributed by atoms with Gasteiger partial charge >= 0.3 is 0 Å². The van der Waals surface area contributed by atoms with Crippen molar-refractivity contribution in [1.29, 1.82) is 0 Å². The Balaban J connectivity index is 2.07. The predicted octanol–water partition coefficient (Wildman–Crippen LogP) is 4.54. The zero-order valence-electron chi connectivity index (χ0n) is 11.0. The molecule has 2 aliphatic carbocycles. The maximum absolute atomic E-state index is 9.26. The molecule has 0 atom stereocenters. The molecule has 19 heavy (non-hydrogen) atoms. The van der Waals surface area contributed by atoms with E-state index < -0.39 is 0 Å². The van der Waals surface area contributed by atoms with Crippen molar-refractivity contribution in [3.63, 3.8) is 0 Å². The molecule has 1 fully saturated rings. The van der Waals surface area contributed by atoms with Gasteiger partial charge in [-0.15, -0.1) is 12.6 Å². The summed E-state index contributed by atoms with van der Waals surface area (Å²) in [6.07, 6.45) is 7.17. The number of rotatable bonds is 2. The summed E-state index contributed by atoms with van der Waals surface area (Å²) in [6, 6.07) is 8.17. The first-order chi connectivity index (χ1) is 9.29. The molecule has 0 saturated heterocycles. The van der Waals surface area contributed by atoms with Crippen molar-refractivity contribution in [1.82, 2.24) is 0 Å². The summed E-state index contributed by atoms with van der Waals surface area (Å²) in [5, 5.41) is 12.8. The molecule has 1 saturated carbocycles. The smallest absolute Gasteiger partial charge is 0.0876 e. The van der Waals surface area contributed by atoms with Crippen LogP contribution in [0.1, 0.15) is 44.1 Å². The van der Waals surface area contributed by atoms with Crippen LogP contribution < -0.4 is 0 Å². The van der Waals surface area contributed by atoms with E-state index in [0.29, 0.717) is 5.92 Å². The van der Waals surface area contributed by atoms with Crippen molar-refractivity contribution in [2.24, 2.45) is 11.1 Å². The Labute approximate surface area is 119 Å². The highest BCUT2D eigenvalue weighted by molar-refractivity contribution is 7.80. The summed E-state index contributed by atoms with van der Waals surface area (Å²) in [7, 11) is 0. The lowest BCUT2D eigenvalue weighted by atomic mass is 9.91. The van der Waals surface area contributed by atoms with Crippen LogP contribution >= 0.6 is 12.6 Å². The molecule has 3 heteroatoms. The van der Waals surface area contributed by atoms with Gasteiger partial charge in [0.1, 0.15) is 0 Å². The molecule has 0 aromatic heterocycles. The highest BCUT2D eigenvalue weighted by atomic mass is 32.1. The molecule has 0 unspecified atom stereocenters. The van der Waals surface area contributed by atoms with Gasteiger partial charge in [0.15, 0.2) is 0 Å². The van der Waals surface area contributed by atoms with Gasteiger partial charge in [-0.2, -0.15) is 0 Å². The molecule has 100 valence electrons.